The van der Waals surface area contributed by atoms with Crippen molar-refractivity contribution >= 4 is 11.8 Å². The fourth-order valence-corrected chi connectivity index (χ4v) is 0.209. The van der Waals surface area contributed by atoms with E-state index in [2.05, 4.69) is 10.7 Å². The number of Topliss-reactive ketones (excluding diaryl/α,β-unsaturated/α-hetero) is 1. The SMILES string of the molecule is C#CCOC(=O)C(C)=O. The van der Waals surface area contributed by atoms with Crippen molar-refractivity contribution < 1.29 is 14.3 Å². The van der Waals surface area contributed by atoms with Crippen molar-refractivity contribution in [3.63, 3.8) is 0 Å². The van der Waals surface area contributed by atoms with Crippen LogP contribution in [0.1, 0.15) is 6.92 Å². The Hall–Kier alpha value is -1.30. The molecule has 48 valence electrons. The van der Waals surface area contributed by atoms with Crippen LogP contribution in [0.2, 0.25) is 0 Å². The van der Waals surface area contributed by atoms with E-state index in [1.807, 2.05) is 0 Å². The summed E-state index contributed by atoms with van der Waals surface area (Å²) in [5.74, 6) is 0.543. The number of carbonyl (C=O) groups excluding carboxylic acids is 2. The maximum atomic E-state index is 10.2. The number of esters is 1. The highest BCUT2D eigenvalue weighted by molar-refractivity contribution is 6.32. The first-order valence-electron chi connectivity index (χ1n) is 2.29. The van der Waals surface area contributed by atoms with Crippen molar-refractivity contribution in [2.24, 2.45) is 0 Å². The average Bonchev–Trinajstić information content (AvgIpc) is 1.82. The van der Waals surface area contributed by atoms with Gasteiger partial charge in [0, 0.05) is 6.92 Å². The molecule has 0 aliphatic heterocycles. The quantitative estimate of drug-likeness (QED) is 0.291. The van der Waals surface area contributed by atoms with Crippen molar-refractivity contribution in [2.45, 2.75) is 6.92 Å². The van der Waals surface area contributed by atoms with Crippen LogP contribution in [0.5, 0.6) is 0 Å². The Balaban J connectivity index is 3.55. The maximum Gasteiger partial charge on any atom is 0.375 e. The van der Waals surface area contributed by atoms with E-state index in [-0.39, 0.29) is 6.61 Å². The van der Waals surface area contributed by atoms with Gasteiger partial charge in [-0.05, 0) is 0 Å². The van der Waals surface area contributed by atoms with E-state index < -0.39 is 11.8 Å². The molecule has 0 radical (unpaired) electrons. The summed E-state index contributed by atoms with van der Waals surface area (Å²) in [7, 11) is 0. The highest BCUT2D eigenvalue weighted by Gasteiger charge is 2.06. The van der Waals surface area contributed by atoms with Crippen LogP contribution in [0, 0.1) is 12.3 Å². The molecule has 0 N–H and O–H groups in total. The molecular formula is C6H6O3. The normalized spacial score (nSPS) is 7.56. The number of ether oxygens (including phenoxy) is 1. The first-order valence-corrected chi connectivity index (χ1v) is 2.29. The second kappa shape index (κ2) is 3.67. The van der Waals surface area contributed by atoms with Gasteiger partial charge in [0.15, 0.2) is 6.61 Å². The Morgan fingerprint density at radius 2 is 2.22 bits per heavy atom. The predicted octanol–water partition coefficient (Wildman–Crippen LogP) is -0.248. The van der Waals surface area contributed by atoms with E-state index in [9.17, 15) is 9.59 Å². The molecule has 0 aromatic carbocycles. The highest BCUT2D eigenvalue weighted by Crippen LogP contribution is 1.77. The van der Waals surface area contributed by atoms with Gasteiger partial charge in [-0.3, -0.25) is 4.79 Å². The number of rotatable bonds is 2. The van der Waals surface area contributed by atoms with Gasteiger partial charge in [-0.15, -0.1) is 6.42 Å². The third-order valence-corrected chi connectivity index (χ3v) is 0.574. The number of hydrogen-bond acceptors (Lipinski definition) is 3. The van der Waals surface area contributed by atoms with Gasteiger partial charge >= 0.3 is 5.97 Å². The lowest BCUT2D eigenvalue weighted by Gasteiger charge is -1.92. The molecule has 0 rings (SSSR count). The summed E-state index contributed by atoms with van der Waals surface area (Å²) < 4.78 is 4.23. The summed E-state index contributed by atoms with van der Waals surface area (Å²) in [6.07, 6.45) is 4.74. The monoisotopic (exact) mass is 126 g/mol. The van der Waals surface area contributed by atoms with Gasteiger partial charge in [-0.1, -0.05) is 5.92 Å². The van der Waals surface area contributed by atoms with E-state index in [0.29, 0.717) is 0 Å². The molecule has 3 nitrogen and oxygen atoms in total. The van der Waals surface area contributed by atoms with Crippen LogP contribution in [0.15, 0.2) is 0 Å². The highest BCUT2D eigenvalue weighted by atomic mass is 16.5. The molecule has 0 unspecified atom stereocenters. The lowest BCUT2D eigenvalue weighted by atomic mass is 10.5. The third-order valence-electron chi connectivity index (χ3n) is 0.574. The Morgan fingerprint density at radius 3 is 2.56 bits per heavy atom. The van der Waals surface area contributed by atoms with Crippen molar-refractivity contribution in [3.8, 4) is 12.3 Å². The van der Waals surface area contributed by atoms with Crippen LogP contribution in [-0.4, -0.2) is 18.4 Å². The molecular weight excluding hydrogens is 120 g/mol. The summed E-state index contributed by atoms with van der Waals surface area (Å²) in [5.41, 5.74) is 0. The van der Waals surface area contributed by atoms with E-state index in [1.165, 1.54) is 0 Å². The standard InChI is InChI=1S/C6H6O3/c1-3-4-9-6(8)5(2)7/h1H,4H2,2H3. The van der Waals surface area contributed by atoms with Gasteiger partial charge in [-0.25, -0.2) is 4.79 Å². The zero-order chi connectivity index (χ0) is 7.28. The Labute approximate surface area is 53.0 Å². The van der Waals surface area contributed by atoms with E-state index in [0.717, 1.165) is 6.92 Å². The van der Waals surface area contributed by atoms with Gasteiger partial charge < -0.3 is 4.74 Å². The molecule has 0 aliphatic carbocycles. The Bertz CT molecular complexity index is 164. The molecule has 0 saturated carbocycles. The summed E-state index contributed by atoms with van der Waals surface area (Å²) in [6.45, 7) is 0.983. The second-order valence-electron chi connectivity index (χ2n) is 1.34. The van der Waals surface area contributed by atoms with Gasteiger partial charge in [0.25, 0.3) is 0 Å². The zero-order valence-electron chi connectivity index (χ0n) is 5.01. The number of terminal acetylenes is 1. The van der Waals surface area contributed by atoms with Crippen LogP contribution >= 0.6 is 0 Å². The Morgan fingerprint density at radius 1 is 1.67 bits per heavy atom. The molecule has 0 aliphatic rings. The molecule has 0 fully saturated rings. The average molecular weight is 126 g/mol. The summed E-state index contributed by atoms with van der Waals surface area (Å²) in [4.78, 5) is 20.3. The topological polar surface area (TPSA) is 43.4 Å². The number of ketones is 1. The van der Waals surface area contributed by atoms with E-state index >= 15 is 0 Å². The van der Waals surface area contributed by atoms with Gasteiger partial charge in [0.2, 0.25) is 5.78 Å². The molecule has 0 aromatic rings. The summed E-state index contributed by atoms with van der Waals surface area (Å²) >= 11 is 0. The van der Waals surface area contributed by atoms with E-state index in [1.54, 1.807) is 0 Å². The van der Waals surface area contributed by atoms with Crippen LogP contribution in [-0.2, 0) is 14.3 Å². The maximum absolute atomic E-state index is 10.2. The first kappa shape index (κ1) is 7.70. The number of carbonyl (C=O) groups is 2. The van der Waals surface area contributed by atoms with Crippen LogP contribution in [0.3, 0.4) is 0 Å². The molecule has 0 spiro atoms. The molecule has 0 atom stereocenters. The molecule has 0 bridgehead atoms. The van der Waals surface area contributed by atoms with Crippen molar-refractivity contribution in [2.75, 3.05) is 6.61 Å². The summed E-state index contributed by atoms with van der Waals surface area (Å²) in [6, 6.07) is 0. The molecule has 9 heavy (non-hydrogen) atoms. The minimum Gasteiger partial charge on any atom is -0.447 e. The van der Waals surface area contributed by atoms with Crippen LogP contribution < -0.4 is 0 Å². The fourth-order valence-electron chi connectivity index (χ4n) is 0.209. The van der Waals surface area contributed by atoms with Crippen LogP contribution in [0.25, 0.3) is 0 Å². The van der Waals surface area contributed by atoms with Crippen LogP contribution in [0.4, 0.5) is 0 Å². The molecule has 0 heterocycles. The second-order valence-corrected chi connectivity index (χ2v) is 1.34. The molecule has 0 amide bonds. The largest absolute Gasteiger partial charge is 0.447 e. The lowest BCUT2D eigenvalue weighted by Crippen LogP contribution is -2.13. The van der Waals surface area contributed by atoms with Gasteiger partial charge in [0.1, 0.15) is 0 Å². The fraction of sp³-hybridized carbons (Fsp3) is 0.333. The third kappa shape index (κ3) is 3.30. The molecule has 0 saturated heterocycles. The zero-order valence-corrected chi connectivity index (χ0v) is 5.01. The minimum atomic E-state index is -0.882. The molecule has 0 aromatic heterocycles. The lowest BCUT2D eigenvalue weighted by molar-refractivity contribution is -0.151. The van der Waals surface area contributed by atoms with Crippen molar-refractivity contribution in [1.29, 1.82) is 0 Å². The Kier molecular flexibility index (Phi) is 3.14. The van der Waals surface area contributed by atoms with E-state index in [4.69, 9.17) is 6.42 Å². The van der Waals surface area contributed by atoms with Gasteiger partial charge in [0.05, 0.1) is 0 Å². The minimum absolute atomic E-state index is 0.140. The molecule has 3 heteroatoms. The van der Waals surface area contributed by atoms with Gasteiger partial charge in [-0.2, -0.15) is 0 Å². The van der Waals surface area contributed by atoms with Crippen molar-refractivity contribution in [1.82, 2.24) is 0 Å². The first-order chi connectivity index (χ1) is 4.18. The number of hydrogen-bond donors (Lipinski definition) is 0. The van der Waals surface area contributed by atoms with Crippen molar-refractivity contribution in [3.05, 3.63) is 0 Å². The summed E-state index contributed by atoms with van der Waals surface area (Å²) in [5, 5.41) is 0. The smallest absolute Gasteiger partial charge is 0.375 e. The predicted molar refractivity (Wildman–Crippen MR) is 30.5 cm³/mol.